The van der Waals surface area contributed by atoms with Crippen molar-refractivity contribution in [2.45, 2.75) is 30.3 Å². The number of halogens is 2. The van der Waals surface area contributed by atoms with E-state index < -0.39 is 10.0 Å². The summed E-state index contributed by atoms with van der Waals surface area (Å²) >= 11 is 11.9. The fourth-order valence-electron chi connectivity index (χ4n) is 5.06. The van der Waals surface area contributed by atoms with Gasteiger partial charge in [-0.2, -0.15) is 10.4 Å². The van der Waals surface area contributed by atoms with E-state index >= 15 is 0 Å². The quantitative estimate of drug-likeness (QED) is 0.401. The molecule has 2 aromatic carbocycles. The van der Waals surface area contributed by atoms with Crippen LogP contribution in [0.3, 0.4) is 0 Å². The summed E-state index contributed by atoms with van der Waals surface area (Å²) in [7, 11) is -3.22. The van der Waals surface area contributed by atoms with Gasteiger partial charge in [-0.15, -0.1) is 11.6 Å². The molecule has 3 aromatic rings. The highest BCUT2D eigenvalue weighted by atomic mass is 35.5. The molecule has 182 valence electrons. The number of alkyl halides is 1. The molecule has 0 saturated heterocycles. The number of hydrogen-bond acceptors (Lipinski definition) is 6. The van der Waals surface area contributed by atoms with Crippen molar-refractivity contribution in [3.63, 3.8) is 0 Å². The largest absolute Gasteiger partial charge is 0.489 e. The zero-order valence-electron chi connectivity index (χ0n) is 18.8. The Balaban J connectivity index is 1.26. The third-order valence-electron chi connectivity index (χ3n) is 6.36. The lowest BCUT2D eigenvalue weighted by atomic mass is 9.44. The molecule has 0 spiro atoms. The van der Waals surface area contributed by atoms with Crippen LogP contribution in [0.15, 0.2) is 48.8 Å². The van der Waals surface area contributed by atoms with Crippen LogP contribution in [0.1, 0.15) is 24.8 Å². The van der Waals surface area contributed by atoms with Crippen molar-refractivity contribution in [3.05, 3.63) is 59.4 Å². The molecule has 0 radical (unpaired) electrons. The standard InChI is InChI=1S/C24H22Cl2N4O4S/c1-35(31,32)29-23-13-24(14-23,15-23)30-12-18(11-28-30)16-2-4-19(5-3-16)34-20-8-17(10-27)22(21(26)9-20)33-7-6-25/h2-5,8-9,11-12,29H,6-7,13-15H2,1H3. The summed E-state index contributed by atoms with van der Waals surface area (Å²) in [6.07, 6.45) is 7.27. The molecule has 1 aromatic heterocycles. The molecular weight excluding hydrogens is 511 g/mol. The molecule has 0 unspecified atom stereocenters. The number of hydrogen-bond donors (Lipinski definition) is 1. The number of nitriles is 1. The van der Waals surface area contributed by atoms with Crippen LogP contribution in [0.2, 0.25) is 5.02 Å². The van der Waals surface area contributed by atoms with Gasteiger partial charge in [0.1, 0.15) is 24.2 Å². The zero-order valence-corrected chi connectivity index (χ0v) is 21.1. The van der Waals surface area contributed by atoms with E-state index in [1.165, 1.54) is 6.26 Å². The van der Waals surface area contributed by atoms with Crippen molar-refractivity contribution in [2.24, 2.45) is 0 Å². The van der Waals surface area contributed by atoms with Gasteiger partial charge >= 0.3 is 0 Å². The summed E-state index contributed by atoms with van der Waals surface area (Å²) in [6.45, 7) is 0.244. The molecule has 0 aliphatic heterocycles. The molecule has 6 rings (SSSR count). The normalized spacial score (nSPS) is 22.6. The van der Waals surface area contributed by atoms with E-state index in [2.05, 4.69) is 15.9 Å². The molecule has 3 fully saturated rings. The van der Waals surface area contributed by atoms with Gasteiger partial charge in [0.15, 0.2) is 5.75 Å². The van der Waals surface area contributed by atoms with Crippen LogP contribution in [0.5, 0.6) is 17.2 Å². The molecule has 2 bridgehead atoms. The molecule has 35 heavy (non-hydrogen) atoms. The summed E-state index contributed by atoms with van der Waals surface area (Å²) in [6, 6.07) is 12.7. The Morgan fingerprint density at radius 3 is 2.51 bits per heavy atom. The number of nitrogens with one attached hydrogen (secondary N) is 1. The minimum atomic E-state index is -3.22. The lowest BCUT2D eigenvalue weighted by Crippen LogP contribution is -2.78. The van der Waals surface area contributed by atoms with Gasteiger partial charge < -0.3 is 9.47 Å². The van der Waals surface area contributed by atoms with E-state index in [1.54, 1.807) is 12.1 Å². The first-order valence-electron chi connectivity index (χ1n) is 10.9. The molecule has 1 N–H and O–H groups in total. The second kappa shape index (κ2) is 8.71. The first kappa shape index (κ1) is 23.9. The van der Waals surface area contributed by atoms with Gasteiger partial charge in [-0.3, -0.25) is 4.68 Å². The van der Waals surface area contributed by atoms with E-state index in [-0.39, 0.29) is 39.9 Å². The predicted molar refractivity (Wildman–Crippen MR) is 133 cm³/mol. The number of ether oxygens (including phenoxy) is 2. The lowest BCUT2D eigenvalue weighted by molar-refractivity contribution is -0.132. The Bertz CT molecular complexity index is 1410. The summed E-state index contributed by atoms with van der Waals surface area (Å²) in [5, 5.41) is 14.2. The molecular formula is C24H22Cl2N4O4S. The van der Waals surface area contributed by atoms with Gasteiger partial charge in [0.2, 0.25) is 10.0 Å². The van der Waals surface area contributed by atoms with Gasteiger partial charge in [-0.25, -0.2) is 13.1 Å². The van der Waals surface area contributed by atoms with Crippen molar-refractivity contribution >= 4 is 33.2 Å². The minimum absolute atomic E-state index is 0.101. The third kappa shape index (κ3) is 4.59. The SMILES string of the molecule is CS(=O)(=O)NC12CC(n3cc(-c4ccc(Oc5cc(Cl)c(OCCCl)c(C#N)c5)cc4)cn3)(C1)C2. The lowest BCUT2D eigenvalue weighted by Gasteiger charge is -2.69. The summed E-state index contributed by atoms with van der Waals surface area (Å²) < 4.78 is 39.2. The maximum absolute atomic E-state index is 11.6. The fraction of sp³-hybridized carbons (Fsp3) is 0.333. The summed E-state index contributed by atoms with van der Waals surface area (Å²) in [4.78, 5) is 0. The average Bonchev–Trinajstić information content (AvgIpc) is 3.24. The molecule has 1 heterocycles. The second-order valence-corrected chi connectivity index (χ2v) is 11.7. The molecule has 3 aliphatic carbocycles. The zero-order chi connectivity index (χ0) is 24.8. The van der Waals surface area contributed by atoms with Crippen LogP contribution in [-0.4, -0.2) is 42.5 Å². The van der Waals surface area contributed by atoms with Crippen molar-refractivity contribution in [1.82, 2.24) is 14.5 Å². The maximum Gasteiger partial charge on any atom is 0.209 e. The van der Waals surface area contributed by atoms with Crippen LogP contribution >= 0.6 is 23.2 Å². The van der Waals surface area contributed by atoms with Gasteiger partial charge in [-0.1, -0.05) is 23.7 Å². The van der Waals surface area contributed by atoms with E-state index in [1.807, 2.05) is 41.3 Å². The van der Waals surface area contributed by atoms with Crippen molar-refractivity contribution in [1.29, 1.82) is 5.26 Å². The van der Waals surface area contributed by atoms with Crippen molar-refractivity contribution in [3.8, 4) is 34.4 Å². The Hall–Kier alpha value is -2.77. The first-order chi connectivity index (χ1) is 16.6. The second-order valence-electron chi connectivity index (χ2n) is 9.14. The number of benzene rings is 2. The van der Waals surface area contributed by atoms with Crippen LogP contribution in [0.25, 0.3) is 11.1 Å². The Kier molecular flexibility index (Phi) is 5.96. The van der Waals surface area contributed by atoms with Crippen LogP contribution in [0, 0.1) is 11.3 Å². The Morgan fingerprint density at radius 1 is 1.17 bits per heavy atom. The maximum atomic E-state index is 11.6. The van der Waals surface area contributed by atoms with E-state index in [0.717, 1.165) is 30.4 Å². The molecule has 0 atom stereocenters. The van der Waals surface area contributed by atoms with Crippen molar-refractivity contribution in [2.75, 3.05) is 18.7 Å². The first-order valence-corrected chi connectivity index (χ1v) is 13.7. The molecule has 11 heteroatoms. The van der Waals surface area contributed by atoms with Gasteiger partial charge in [0, 0.05) is 29.4 Å². The van der Waals surface area contributed by atoms with Crippen LogP contribution < -0.4 is 14.2 Å². The molecule has 3 aliphatic rings. The summed E-state index contributed by atoms with van der Waals surface area (Å²) in [5.41, 5.74) is 1.79. The Labute approximate surface area is 213 Å². The smallest absolute Gasteiger partial charge is 0.209 e. The number of aromatic nitrogens is 2. The van der Waals surface area contributed by atoms with Crippen LogP contribution in [0.4, 0.5) is 0 Å². The number of rotatable bonds is 9. The van der Waals surface area contributed by atoms with E-state index in [4.69, 9.17) is 32.7 Å². The fourth-order valence-corrected chi connectivity index (χ4v) is 6.40. The molecule has 0 amide bonds. The predicted octanol–water partition coefficient (Wildman–Crippen LogP) is 4.67. The van der Waals surface area contributed by atoms with Crippen molar-refractivity contribution < 1.29 is 17.9 Å². The highest BCUT2D eigenvalue weighted by Crippen LogP contribution is 2.65. The summed E-state index contributed by atoms with van der Waals surface area (Å²) in [5.74, 6) is 1.58. The monoisotopic (exact) mass is 532 g/mol. The van der Waals surface area contributed by atoms with Gasteiger partial charge in [0.25, 0.3) is 0 Å². The minimum Gasteiger partial charge on any atom is -0.489 e. The highest BCUT2D eigenvalue weighted by Gasteiger charge is 2.70. The molecule has 8 nitrogen and oxygen atoms in total. The number of nitrogens with zero attached hydrogens (tertiary/aromatic N) is 3. The highest BCUT2D eigenvalue weighted by molar-refractivity contribution is 7.88. The number of sulfonamides is 1. The molecule has 3 saturated carbocycles. The van der Waals surface area contributed by atoms with E-state index in [9.17, 15) is 13.7 Å². The van der Waals surface area contributed by atoms with Crippen LogP contribution in [-0.2, 0) is 15.6 Å². The van der Waals surface area contributed by atoms with Gasteiger partial charge in [0.05, 0.1) is 34.5 Å². The Morgan fingerprint density at radius 2 is 1.89 bits per heavy atom. The average molecular weight is 533 g/mol. The topological polar surface area (TPSA) is 106 Å². The van der Waals surface area contributed by atoms with E-state index in [0.29, 0.717) is 11.5 Å². The van der Waals surface area contributed by atoms with Gasteiger partial charge in [-0.05, 0) is 37.0 Å². The third-order valence-corrected chi connectivity index (χ3v) is 7.60.